The first kappa shape index (κ1) is 15.0. The number of hydrogen-bond donors (Lipinski definition) is 1. The highest BCUT2D eigenvalue weighted by Gasteiger charge is 2.38. The van der Waals surface area contributed by atoms with E-state index in [1.54, 1.807) is 12.1 Å². The monoisotopic (exact) mass is 278 g/mol. The van der Waals surface area contributed by atoms with Crippen molar-refractivity contribution in [3.63, 3.8) is 0 Å². The Kier molecular flexibility index (Phi) is 4.76. The highest BCUT2D eigenvalue weighted by Crippen LogP contribution is 2.36. The number of carbonyl (C=O) groups excluding carboxylic acids is 1. The van der Waals surface area contributed by atoms with Gasteiger partial charge in [0.1, 0.15) is 5.82 Å². The minimum absolute atomic E-state index is 0.0881. The fraction of sp³-hybridized carbons (Fsp3) is 0.562. The van der Waals surface area contributed by atoms with Gasteiger partial charge >= 0.3 is 0 Å². The van der Waals surface area contributed by atoms with Crippen molar-refractivity contribution in [2.75, 3.05) is 13.6 Å². The fourth-order valence-corrected chi connectivity index (χ4v) is 2.65. The Balaban J connectivity index is 2.20. The van der Waals surface area contributed by atoms with Gasteiger partial charge in [-0.1, -0.05) is 25.1 Å². The first-order valence-corrected chi connectivity index (χ1v) is 7.27. The first-order chi connectivity index (χ1) is 9.56. The molecule has 1 aromatic carbocycles. The molecule has 0 heterocycles. The normalized spacial score (nSPS) is 17.6. The molecule has 0 radical (unpaired) electrons. The molecule has 1 aromatic rings. The highest BCUT2D eigenvalue weighted by molar-refractivity contribution is 5.80. The van der Waals surface area contributed by atoms with E-state index in [4.69, 9.17) is 0 Å². The predicted octanol–water partition coefficient (Wildman–Crippen LogP) is 2.73. The fourth-order valence-electron chi connectivity index (χ4n) is 2.65. The molecule has 0 spiro atoms. The zero-order valence-electron chi connectivity index (χ0n) is 12.4. The topological polar surface area (TPSA) is 32.3 Å². The van der Waals surface area contributed by atoms with E-state index in [1.165, 1.54) is 6.07 Å². The van der Waals surface area contributed by atoms with Crippen molar-refractivity contribution in [3.05, 3.63) is 35.6 Å². The molecule has 4 heteroatoms. The predicted molar refractivity (Wildman–Crippen MR) is 77.8 cm³/mol. The van der Waals surface area contributed by atoms with Gasteiger partial charge in [-0.15, -0.1) is 0 Å². The number of benzene rings is 1. The van der Waals surface area contributed by atoms with E-state index in [9.17, 15) is 9.18 Å². The van der Waals surface area contributed by atoms with E-state index in [0.717, 1.165) is 12.8 Å². The number of rotatable bonds is 6. The molecule has 0 aromatic heterocycles. The summed E-state index contributed by atoms with van der Waals surface area (Å²) in [6, 6.07) is 6.79. The lowest BCUT2D eigenvalue weighted by molar-refractivity contribution is -0.137. The van der Waals surface area contributed by atoms with E-state index in [-0.39, 0.29) is 29.7 Å². The summed E-state index contributed by atoms with van der Waals surface area (Å²) in [5, 5.41) is 3.03. The minimum atomic E-state index is -0.236. The molecule has 1 aliphatic rings. The third kappa shape index (κ3) is 3.18. The summed E-state index contributed by atoms with van der Waals surface area (Å²) in [5.74, 6) is -0.216. The van der Waals surface area contributed by atoms with Gasteiger partial charge < -0.3 is 10.2 Å². The molecule has 0 bridgehead atoms. The molecule has 110 valence electrons. The first-order valence-electron chi connectivity index (χ1n) is 7.27. The zero-order valence-corrected chi connectivity index (χ0v) is 12.4. The summed E-state index contributed by atoms with van der Waals surface area (Å²) in [7, 11) is 1.84. The Bertz CT molecular complexity index is 473. The molecule has 0 aliphatic heterocycles. The van der Waals surface area contributed by atoms with Gasteiger partial charge in [0.2, 0.25) is 5.91 Å². The van der Waals surface area contributed by atoms with Crippen LogP contribution in [0.5, 0.6) is 0 Å². The number of hydrogen-bond acceptors (Lipinski definition) is 2. The summed E-state index contributed by atoms with van der Waals surface area (Å²) in [4.78, 5) is 14.5. The van der Waals surface area contributed by atoms with Gasteiger partial charge in [0.15, 0.2) is 0 Å². The van der Waals surface area contributed by atoms with Crippen LogP contribution in [0, 0.1) is 11.7 Å². The van der Waals surface area contributed by atoms with Crippen LogP contribution in [-0.2, 0) is 4.79 Å². The third-order valence-electron chi connectivity index (χ3n) is 3.90. The molecule has 0 unspecified atom stereocenters. The van der Waals surface area contributed by atoms with Crippen molar-refractivity contribution in [1.82, 2.24) is 10.2 Å². The maximum atomic E-state index is 13.9. The molecular formula is C16H23FN2O. The minimum Gasteiger partial charge on any atom is -0.333 e. The van der Waals surface area contributed by atoms with Crippen LogP contribution in [0.25, 0.3) is 0 Å². The van der Waals surface area contributed by atoms with Gasteiger partial charge in [0.25, 0.3) is 0 Å². The summed E-state index contributed by atoms with van der Waals surface area (Å²) in [6.07, 6.45) is 2.05. The average Bonchev–Trinajstić information content (AvgIpc) is 3.24. The quantitative estimate of drug-likeness (QED) is 0.868. The Labute approximate surface area is 120 Å². The van der Waals surface area contributed by atoms with Crippen LogP contribution in [0.3, 0.4) is 0 Å². The van der Waals surface area contributed by atoms with Gasteiger partial charge in [-0.05, 0) is 32.9 Å². The Morgan fingerprint density at radius 2 is 2.05 bits per heavy atom. The van der Waals surface area contributed by atoms with E-state index in [1.807, 2.05) is 31.9 Å². The second-order valence-corrected chi connectivity index (χ2v) is 5.63. The number of carbonyl (C=O) groups is 1. The number of nitrogens with one attached hydrogen (secondary N) is 1. The molecule has 2 atom stereocenters. The lowest BCUT2D eigenvalue weighted by Gasteiger charge is -2.32. The van der Waals surface area contributed by atoms with Crippen molar-refractivity contribution in [3.8, 4) is 0 Å². The molecule has 2 rings (SSSR count). The van der Waals surface area contributed by atoms with Crippen LogP contribution < -0.4 is 5.32 Å². The largest absolute Gasteiger partial charge is 0.333 e. The van der Waals surface area contributed by atoms with Gasteiger partial charge in [-0.3, -0.25) is 4.79 Å². The molecule has 20 heavy (non-hydrogen) atoms. The van der Waals surface area contributed by atoms with Crippen molar-refractivity contribution in [1.29, 1.82) is 0 Å². The maximum Gasteiger partial charge on any atom is 0.227 e. The highest BCUT2D eigenvalue weighted by atomic mass is 19.1. The number of amides is 1. The van der Waals surface area contributed by atoms with E-state index >= 15 is 0 Å². The smallest absolute Gasteiger partial charge is 0.227 e. The average molecular weight is 278 g/mol. The van der Waals surface area contributed by atoms with Crippen molar-refractivity contribution in [2.24, 2.45) is 5.92 Å². The molecule has 1 N–H and O–H groups in total. The van der Waals surface area contributed by atoms with Crippen LogP contribution in [0.15, 0.2) is 24.3 Å². The second kappa shape index (κ2) is 6.35. The summed E-state index contributed by atoms with van der Waals surface area (Å²) >= 11 is 0. The van der Waals surface area contributed by atoms with Gasteiger partial charge in [-0.2, -0.15) is 0 Å². The summed E-state index contributed by atoms with van der Waals surface area (Å²) in [6.45, 7) is 4.48. The zero-order chi connectivity index (χ0) is 14.7. The van der Waals surface area contributed by atoms with Gasteiger partial charge in [0, 0.05) is 24.1 Å². The van der Waals surface area contributed by atoms with E-state index in [0.29, 0.717) is 12.1 Å². The molecular weight excluding hydrogens is 255 g/mol. The number of halogens is 1. The van der Waals surface area contributed by atoms with E-state index in [2.05, 4.69) is 5.32 Å². The lowest BCUT2D eigenvalue weighted by Crippen LogP contribution is -2.41. The van der Waals surface area contributed by atoms with Crippen LogP contribution in [0.2, 0.25) is 0 Å². The SMILES string of the molecule is CNC[C@@H](C)C(=O)N(C1CC1)[C@H](C)c1ccccc1F. The van der Waals surface area contributed by atoms with Crippen LogP contribution in [0.4, 0.5) is 4.39 Å². The van der Waals surface area contributed by atoms with Crippen molar-refractivity contribution in [2.45, 2.75) is 38.8 Å². The van der Waals surface area contributed by atoms with Crippen LogP contribution in [-0.4, -0.2) is 30.4 Å². The van der Waals surface area contributed by atoms with E-state index < -0.39 is 0 Å². The van der Waals surface area contributed by atoms with Gasteiger partial charge in [0.05, 0.1) is 6.04 Å². The Hall–Kier alpha value is -1.42. The molecule has 1 fully saturated rings. The summed E-state index contributed by atoms with van der Waals surface area (Å²) < 4.78 is 13.9. The molecule has 0 saturated heterocycles. The molecule has 1 aliphatic carbocycles. The number of nitrogens with zero attached hydrogens (tertiary/aromatic N) is 1. The lowest BCUT2D eigenvalue weighted by atomic mass is 10.0. The maximum absolute atomic E-state index is 13.9. The molecule has 1 amide bonds. The molecule has 3 nitrogen and oxygen atoms in total. The van der Waals surface area contributed by atoms with Gasteiger partial charge in [-0.25, -0.2) is 4.39 Å². The Morgan fingerprint density at radius 3 is 2.60 bits per heavy atom. The van der Waals surface area contributed by atoms with Crippen molar-refractivity contribution >= 4 is 5.91 Å². The van der Waals surface area contributed by atoms with Crippen LogP contribution >= 0.6 is 0 Å². The van der Waals surface area contributed by atoms with Crippen LogP contribution in [0.1, 0.15) is 38.3 Å². The van der Waals surface area contributed by atoms with Crippen molar-refractivity contribution < 1.29 is 9.18 Å². The standard InChI is InChI=1S/C16H23FN2O/c1-11(10-18-3)16(20)19(13-8-9-13)12(2)14-6-4-5-7-15(14)17/h4-7,11-13,18H,8-10H2,1-3H3/t11-,12-/m1/s1. The Morgan fingerprint density at radius 1 is 1.40 bits per heavy atom. The second-order valence-electron chi connectivity index (χ2n) is 5.63. The molecule has 1 saturated carbocycles. The summed E-state index contributed by atoms with van der Waals surface area (Å²) in [5.41, 5.74) is 0.601. The third-order valence-corrected chi connectivity index (χ3v) is 3.90.